The van der Waals surface area contributed by atoms with Crippen LogP contribution in [-0.2, 0) is 0 Å². The van der Waals surface area contributed by atoms with E-state index in [2.05, 4.69) is 43.1 Å². The van der Waals surface area contributed by atoms with Gasteiger partial charge >= 0.3 is 0 Å². The van der Waals surface area contributed by atoms with Gasteiger partial charge in [0.1, 0.15) is 0 Å². The summed E-state index contributed by atoms with van der Waals surface area (Å²) in [5.74, 6) is 0.722. The summed E-state index contributed by atoms with van der Waals surface area (Å²) in [5, 5.41) is 1.25. The Hall–Kier alpha value is -0.990. The van der Waals surface area contributed by atoms with E-state index in [4.69, 9.17) is 5.73 Å². The van der Waals surface area contributed by atoms with Crippen LogP contribution >= 0.6 is 12.4 Å². The topological polar surface area (TPSA) is 41.8 Å². The number of nitrogens with one attached hydrogen (secondary N) is 1. The lowest BCUT2D eigenvalue weighted by Gasteiger charge is -2.13. The Balaban J connectivity index is 0.00000144. The molecule has 3 N–H and O–H groups in total. The van der Waals surface area contributed by atoms with Gasteiger partial charge in [0, 0.05) is 17.8 Å². The molecule has 0 spiro atoms. The van der Waals surface area contributed by atoms with Crippen molar-refractivity contribution in [3.05, 3.63) is 36.0 Å². The molecule has 1 heterocycles. The Labute approximate surface area is 109 Å². The summed E-state index contributed by atoms with van der Waals surface area (Å²) in [6, 6.07) is 8.69. The van der Waals surface area contributed by atoms with Crippen molar-refractivity contribution in [2.24, 2.45) is 11.7 Å². The predicted octanol–water partition coefficient (Wildman–Crippen LogP) is 4.03. The predicted molar refractivity (Wildman–Crippen MR) is 76.5 cm³/mol. The van der Waals surface area contributed by atoms with Crippen molar-refractivity contribution in [1.29, 1.82) is 0 Å². The molecule has 0 saturated heterocycles. The van der Waals surface area contributed by atoms with E-state index in [1.54, 1.807) is 0 Å². The van der Waals surface area contributed by atoms with Gasteiger partial charge in [0.2, 0.25) is 0 Å². The molecule has 2 rings (SSSR count). The van der Waals surface area contributed by atoms with Gasteiger partial charge in [-0.3, -0.25) is 0 Å². The van der Waals surface area contributed by atoms with Gasteiger partial charge in [-0.2, -0.15) is 0 Å². The lowest BCUT2D eigenvalue weighted by Crippen LogP contribution is -2.11. The van der Waals surface area contributed by atoms with E-state index in [1.165, 1.54) is 22.9 Å². The van der Waals surface area contributed by atoms with Crippen LogP contribution in [0.4, 0.5) is 0 Å². The van der Waals surface area contributed by atoms with Crippen LogP contribution in [0.25, 0.3) is 10.9 Å². The maximum atomic E-state index is 6.19. The molecule has 0 bridgehead atoms. The third-order valence-electron chi connectivity index (χ3n) is 3.06. The van der Waals surface area contributed by atoms with Gasteiger partial charge in [-0.25, -0.2) is 0 Å². The lowest BCUT2D eigenvalue weighted by atomic mass is 9.98. The number of rotatable bonds is 4. The first-order valence-corrected chi connectivity index (χ1v) is 5.99. The standard InChI is InChI=1S/C14H20N2.ClH/c1-10(2)3-6-13(15)12-5-4-11-7-8-16-14(11)9-12;/h4-5,7-10,13,16H,3,6,15H2,1-2H3;1H/t13-;/m0./s1. The molecule has 17 heavy (non-hydrogen) atoms. The Morgan fingerprint density at radius 2 is 1.94 bits per heavy atom. The Morgan fingerprint density at radius 3 is 2.65 bits per heavy atom. The maximum Gasteiger partial charge on any atom is 0.0457 e. The average Bonchev–Trinajstić information content (AvgIpc) is 2.72. The number of halogens is 1. The molecule has 0 aliphatic heterocycles. The zero-order valence-electron chi connectivity index (χ0n) is 10.4. The number of aromatic amines is 1. The number of hydrogen-bond acceptors (Lipinski definition) is 1. The minimum absolute atomic E-state index is 0. The second-order valence-electron chi connectivity index (χ2n) is 4.90. The van der Waals surface area contributed by atoms with E-state index in [1.807, 2.05) is 6.20 Å². The van der Waals surface area contributed by atoms with Gasteiger partial charge in [0.15, 0.2) is 0 Å². The Kier molecular flexibility index (Phi) is 5.03. The third kappa shape index (κ3) is 3.48. The zero-order chi connectivity index (χ0) is 11.5. The van der Waals surface area contributed by atoms with E-state index in [0.717, 1.165) is 12.3 Å². The molecule has 2 nitrogen and oxygen atoms in total. The van der Waals surface area contributed by atoms with Crippen molar-refractivity contribution in [3.8, 4) is 0 Å². The van der Waals surface area contributed by atoms with Crippen LogP contribution in [0.3, 0.4) is 0 Å². The van der Waals surface area contributed by atoms with Gasteiger partial charge < -0.3 is 10.7 Å². The molecule has 2 aromatic rings. The van der Waals surface area contributed by atoms with E-state index in [-0.39, 0.29) is 18.4 Å². The molecular formula is C14H21ClN2. The fourth-order valence-corrected chi connectivity index (χ4v) is 1.98. The lowest BCUT2D eigenvalue weighted by molar-refractivity contribution is 0.507. The highest BCUT2D eigenvalue weighted by atomic mass is 35.5. The molecule has 1 atom stereocenters. The van der Waals surface area contributed by atoms with Gasteiger partial charge in [-0.05, 0) is 41.8 Å². The van der Waals surface area contributed by atoms with E-state index < -0.39 is 0 Å². The maximum absolute atomic E-state index is 6.19. The molecule has 0 radical (unpaired) electrons. The highest BCUT2D eigenvalue weighted by molar-refractivity contribution is 5.85. The minimum atomic E-state index is 0. The second-order valence-corrected chi connectivity index (χ2v) is 4.90. The third-order valence-corrected chi connectivity index (χ3v) is 3.06. The van der Waals surface area contributed by atoms with Crippen LogP contribution in [0.15, 0.2) is 30.5 Å². The van der Waals surface area contributed by atoms with Crippen LogP contribution in [0.1, 0.15) is 38.3 Å². The number of fused-ring (bicyclic) bond motifs is 1. The molecular weight excluding hydrogens is 232 g/mol. The van der Waals surface area contributed by atoms with Crippen LogP contribution < -0.4 is 5.73 Å². The van der Waals surface area contributed by atoms with Crippen LogP contribution in [0.5, 0.6) is 0 Å². The van der Waals surface area contributed by atoms with Gasteiger partial charge in [-0.15, -0.1) is 12.4 Å². The van der Waals surface area contributed by atoms with E-state index >= 15 is 0 Å². The first-order chi connectivity index (χ1) is 7.66. The number of H-pyrrole nitrogens is 1. The first kappa shape index (κ1) is 14.1. The van der Waals surface area contributed by atoms with E-state index in [0.29, 0.717) is 0 Å². The number of nitrogens with two attached hydrogens (primary N) is 1. The van der Waals surface area contributed by atoms with Crippen LogP contribution in [-0.4, -0.2) is 4.98 Å². The fraction of sp³-hybridized carbons (Fsp3) is 0.429. The fourth-order valence-electron chi connectivity index (χ4n) is 1.98. The first-order valence-electron chi connectivity index (χ1n) is 5.99. The molecule has 1 aromatic heterocycles. The number of aromatic nitrogens is 1. The molecule has 0 saturated carbocycles. The normalized spacial score (nSPS) is 12.7. The summed E-state index contributed by atoms with van der Waals surface area (Å²) in [7, 11) is 0. The second kappa shape index (κ2) is 6.08. The smallest absolute Gasteiger partial charge is 0.0457 e. The molecule has 94 valence electrons. The molecule has 0 unspecified atom stereocenters. The largest absolute Gasteiger partial charge is 0.361 e. The zero-order valence-corrected chi connectivity index (χ0v) is 11.3. The molecule has 0 amide bonds. The van der Waals surface area contributed by atoms with Crippen molar-refractivity contribution < 1.29 is 0 Å². The molecule has 0 aliphatic carbocycles. The number of benzene rings is 1. The monoisotopic (exact) mass is 252 g/mol. The van der Waals surface area contributed by atoms with Gasteiger partial charge in [0.25, 0.3) is 0 Å². The highest BCUT2D eigenvalue weighted by Gasteiger charge is 2.07. The Morgan fingerprint density at radius 1 is 1.18 bits per heavy atom. The van der Waals surface area contributed by atoms with Crippen LogP contribution in [0, 0.1) is 5.92 Å². The van der Waals surface area contributed by atoms with Crippen LogP contribution in [0.2, 0.25) is 0 Å². The number of hydrogen-bond donors (Lipinski definition) is 2. The summed E-state index contributed by atoms with van der Waals surface area (Å²) in [4.78, 5) is 3.22. The Bertz CT molecular complexity index is 462. The van der Waals surface area contributed by atoms with Crippen molar-refractivity contribution in [2.75, 3.05) is 0 Å². The average molecular weight is 253 g/mol. The summed E-state index contributed by atoms with van der Waals surface area (Å²) >= 11 is 0. The summed E-state index contributed by atoms with van der Waals surface area (Å²) in [6.45, 7) is 4.47. The molecule has 3 heteroatoms. The quantitative estimate of drug-likeness (QED) is 0.848. The SMILES string of the molecule is CC(C)CC[C@H](N)c1ccc2cc[nH]c2c1.Cl. The van der Waals surface area contributed by atoms with E-state index in [9.17, 15) is 0 Å². The van der Waals surface area contributed by atoms with Crippen molar-refractivity contribution in [1.82, 2.24) is 4.98 Å². The van der Waals surface area contributed by atoms with Crippen molar-refractivity contribution in [3.63, 3.8) is 0 Å². The minimum Gasteiger partial charge on any atom is -0.361 e. The van der Waals surface area contributed by atoms with Gasteiger partial charge in [-0.1, -0.05) is 26.0 Å². The highest BCUT2D eigenvalue weighted by Crippen LogP contribution is 2.22. The molecule has 0 aliphatic rings. The summed E-state index contributed by atoms with van der Waals surface area (Å²) < 4.78 is 0. The van der Waals surface area contributed by atoms with Gasteiger partial charge in [0.05, 0.1) is 0 Å². The van der Waals surface area contributed by atoms with Crippen molar-refractivity contribution >= 4 is 23.3 Å². The summed E-state index contributed by atoms with van der Waals surface area (Å²) in [5.41, 5.74) is 8.60. The molecule has 0 fully saturated rings. The summed E-state index contributed by atoms with van der Waals surface area (Å²) in [6.07, 6.45) is 4.21. The van der Waals surface area contributed by atoms with Crippen molar-refractivity contribution in [2.45, 2.75) is 32.7 Å². The molecule has 1 aromatic carbocycles.